The summed E-state index contributed by atoms with van der Waals surface area (Å²) in [7, 11) is 1.79. The fourth-order valence-electron chi connectivity index (χ4n) is 4.27. The highest BCUT2D eigenvalue weighted by molar-refractivity contribution is 6.08. The molecule has 0 aliphatic heterocycles. The maximum Gasteiger partial charge on any atom is 0.407 e. The van der Waals surface area contributed by atoms with Gasteiger partial charge in [0.1, 0.15) is 23.7 Å². The third-order valence-electron chi connectivity index (χ3n) is 7.55. The number of nitrogens with one attached hydrogen (secondary N) is 6. The van der Waals surface area contributed by atoms with Crippen LogP contribution in [0.15, 0.2) is 18.3 Å². The number of nitrogens with zero attached hydrogens (tertiary/aromatic N) is 1. The van der Waals surface area contributed by atoms with Crippen LogP contribution in [-0.4, -0.2) is 105 Å². The lowest BCUT2D eigenvalue weighted by Crippen LogP contribution is -2.60. The Kier molecular flexibility index (Phi) is 16.7. The molecule has 0 saturated carbocycles. The summed E-state index contributed by atoms with van der Waals surface area (Å²) in [6, 6.07) is -2.65. The Morgan fingerprint density at radius 3 is 1.90 bits per heavy atom. The number of ether oxygens (including phenoxy) is 2. The lowest BCUT2D eigenvalue weighted by atomic mass is 9.83. The lowest BCUT2D eigenvalue weighted by Gasteiger charge is -2.35. The van der Waals surface area contributed by atoms with E-state index in [9.17, 15) is 50.6 Å². The molecular weight excluding hydrogens is 722 g/mol. The minimum atomic E-state index is -5.03. The molecule has 7 N–H and O–H groups in total. The zero-order valence-electron chi connectivity index (χ0n) is 28.8. The van der Waals surface area contributed by atoms with Gasteiger partial charge in [-0.1, -0.05) is 13.8 Å². The van der Waals surface area contributed by atoms with Crippen molar-refractivity contribution in [2.75, 3.05) is 34.0 Å². The third kappa shape index (κ3) is 12.8. The number of alkyl halides is 6. The van der Waals surface area contributed by atoms with Crippen LogP contribution in [0, 0.1) is 27.9 Å². The van der Waals surface area contributed by atoms with Crippen LogP contribution in [0.3, 0.4) is 0 Å². The fraction of sp³-hybridized carbons (Fsp3) is 0.567. The third-order valence-corrected chi connectivity index (χ3v) is 7.55. The number of alkyl carbamates (subject to hydrolysis) is 2. The van der Waals surface area contributed by atoms with Crippen LogP contribution >= 0.6 is 0 Å². The van der Waals surface area contributed by atoms with Crippen LogP contribution in [0.4, 0.5) is 44.7 Å². The standard InChI is InChI=1S/C30H41F8N7O7/c1-28(2,14-31)21(42-26(49)51-5)24(48)44-45(13-18-19(32)7-15(8-20(18)33)16(9-39)10-41-25(34)35)12-17(46)11-40-23(47)22(43-27(50)52-6)29(3,4)30(36,37)38/h7-10,17,21-22,25,39,41,46H,11-14H2,1-6H3,(H,40,47)(H,42,49)(H,43,50)(H,44,48)/b16-10+,39-9?/t17-,21-,22?/m1/s1. The summed E-state index contributed by atoms with van der Waals surface area (Å²) in [4.78, 5) is 49.9. The highest BCUT2D eigenvalue weighted by atomic mass is 19.4. The van der Waals surface area contributed by atoms with E-state index in [-0.39, 0.29) is 11.1 Å². The molecule has 1 rings (SSSR count). The van der Waals surface area contributed by atoms with Crippen LogP contribution < -0.4 is 26.7 Å². The summed E-state index contributed by atoms with van der Waals surface area (Å²) in [6.45, 7) is -3.20. The van der Waals surface area contributed by atoms with Gasteiger partial charge in [-0.05, 0) is 31.5 Å². The van der Waals surface area contributed by atoms with Crippen molar-refractivity contribution in [2.24, 2.45) is 10.8 Å². The fourth-order valence-corrected chi connectivity index (χ4v) is 4.27. The van der Waals surface area contributed by atoms with Gasteiger partial charge < -0.3 is 41.3 Å². The first-order valence-corrected chi connectivity index (χ1v) is 15.0. The molecule has 0 spiro atoms. The molecule has 0 heterocycles. The molecule has 294 valence electrons. The highest BCUT2D eigenvalue weighted by Crippen LogP contribution is 2.40. The normalized spacial score (nSPS) is 14.2. The number of hydrogen-bond donors (Lipinski definition) is 7. The topological polar surface area (TPSA) is 194 Å². The number of hydrogen-bond acceptors (Lipinski definition) is 10. The number of benzene rings is 1. The molecule has 0 aromatic heterocycles. The van der Waals surface area contributed by atoms with Gasteiger partial charge >= 0.3 is 24.9 Å². The van der Waals surface area contributed by atoms with E-state index in [1.54, 1.807) is 10.6 Å². The largest absolute Gasteiger partial charge is 0.453 e. The molecule has 0 saturated heterocycles. The second-order valence-corrected chi connectivity index (χ2v) is 12.4. The van der Waals surface area contributed by atoms with Gasteiger partial charge in [0.25, 0.3) is 5.91 Å². The maximum atomic E-state index is 15.3. The number of amides is 4. The van der Waals surface area contributed by atoms with Crippen molar-refractivity contribution in [3.63, 3.8) is 0 Å². The molecule has 0 aliphatic rings. The summed E-state index contributed by atoms with van der Waals surface area (Å²) in [6.07, 6.45) is -8.26. The molecule has 1 aromatic carbocycles. The Bertz CT molecular complexity index is 1440. The van der Waals surface area contributed by atoms with Gasteiger partial charge in [0, 0.05) is 48.6 Å². The molecule has 1 unspecified atom stereocenters. The molecule has 0 fully saturated rings. The second kappa shape index (κ2) is 19.2. The highest BCUT2D eigenvalue weighted by Gasteiger charge is 2.55. The van der Waals surface area contributed by atoms with Crippen LogP contribution in [-0.2, 0) is 25.6 Å². The van der Waals surface area contributed by atoms with Crippen molar-refractivity contribution in [3.8, 4) is 0 Å². The van der Waals surface area contributed by atoms with Gasteiger partial charge in [-0.25, -0.2) is 23.4 Å². The van der Waals surface area contributed by atoms with Gasteiger partial charge in [0.15, 0.2) is 0 Å². The predicted molar refractivity (Wildman–Crippen MR) is 168 cm³/mol. The zero-order valence-corrected chi connectivity index (χ0v) is 28.8. The van der Waals surface area contributed by atoms with Crippen LogP contribution in [0.2, 0.25) is 0 Å². The van der Waals surface area contributed by atoms with Crippen molar-refractivity contribution < 1.29 is 68.9 Å². The zero-order chi connectivity index (χ0) is 40.2. The monoisotopic (exact) mass is 763 g/mol. The Balaban J connectivity index is 3.51. The summed E-state index contributed by atoms with van der Waals surface area (Å²) in [5.41, 5.74) is -3.83. The van der Waals surface area contributed by atoms with Crippen molar-refractivity contribution in [1.29, 1.82) is 5.41 Å². The number of hydrazine groups is 1. The predicted octanol–water partition coefficient (Wildman–Crippen LogP) is 3.11. The first-order valence-electron chi connectivity index (χ1n) is 15.0. The number of rotatable bonds is 18. The van der Waals surface area contributed by atoms with E-state index in [1.165, 1.54) is 13.8 Å². The molecule has 0 bridgehead atoms. The van der Waals surface area contributed by atoms with Crippen molar-refractivity contribution in [3.05, 3.63) is 41.1 Å². The van der Waals surface area contributed by atoms with E-state index in [1.807, 2.05) is 5.32 Å². The first-order chi connectivity index (χ1) is 23.9. The number of aliphatic hydroxyl groups is 1. The molecular formula is C30H41F8N7O7. The Labute approximate surface area is 293 Å². The minimum Gasteiger partial charge on any atom is -0.453 e. The SMILES string of the molecule is COC(=O)NC(C(=O)NC[C@@H](O)CN(Cc1c(F)cc(/C(C=N)=C/NC(F)F)cc1F)NC(=O)[C@@H](NC(=O)OC)C(C)(C)CF)C(C)(C)C(F)(F)F. The van der Waals surface area contributed by atoms with E-state index < -0.39 is 109 Å². The van der Waals surface area contributed by atoms with Crippen molar-refractivity contribution >= 4 is 35.8 Å². The number of carbonyl (C=O) groups is 4. The molecule has 1 aromatic rings. The number of allylic oxidation sites excluding steroid dienone is 1. The molecule has 0 aliphatic carbocycles. The average molecular weight is 764 g/mol. The van der Waals surface area contributed by atoms with E-state index >= 15 is 8.78 Å². The molecule has 3 atom stereocenters. The summed E-state index contributed by atoms with van der Waals surface area (Å²) < 4.78 is 120. The number of carbonyl (C=O) groups excluding carboxylic acids is 4. The van der Waals surface area contributed by atoms with Crippen LogP contribution in [0.1, 0.15) is 38.8 Å². The molecule has 14 nitrogen and oxygen atoms in total. The molecule has 52 heavy (non-hydrogen) atoms. The van der Waals surface area contributed by atoms with E-state index in [4.69, 9.17) is 5.41 Å². The maximum absolute atomic E-state index is 15.3. The van der Waals surface area contributed by atoms with Crippen LogP contribution in [0.25, 0.3) is 5.57 Å². The Morgan fingerprint density at radius 1 is 0.942 bits per heavy atom. The quantitative estimate of drug-likeness (QED) is 0.0509. The first kappa shape index (κ1) is 45.3. The summed E-state index contributed by atoms with van der Waals surface area (Å²) in [5.74, 6) is -5.29. The van der Waals surface area contributed by atoms with Crippen molar-refractivity contribution in [2.45, 2.75) is 65.2 Å². The van der Waals surface area contributed by atoms with Gasteiger partial charge in [0.05, 0.1) is 32.4 Å². The number of halogens is 8. The molecule has 4 amide bonds. The van der Waals surface area contributed by atoms with E-state index in [2.05, 4.69) is 20.2 Å². The summed E-state index contributed by atoms with van der Waals surface area (Å²) in [5, 5.41) is 26.3. The minimum absolute atomic E-state index is 0.357. The second-order valence-electron chi connectivity index (χ2n) is 12.4. The molecule has 22 heteroatoms. The van der Waals surface area contributed by atoms with Gasteiger partial charge in [-0.15, -0.1) is 0 Å². The van der Waals surface area contributed by atoms with E-state index in [0.717, 1.165) is 14.2 Å². The lowest BCUT2D eigenvalue weighted by molar-refractivity contribution is -0.220. The molecule has 0 radical (unpaired) electrons. The Hall–Kier alpha value is -4.73. The van der Waals surface area contributed by atoms with Gasteiger partial charge in [-0.3, -0.25) is 19.4 Å². The number of aliphatic hydroxyl groups excluding tert-OH is 1. The number of methoxy groups -OCH3 is 2. The Morgan fingerprint density at radius 2 is 1.46 bits per heavy atom. The van der Waals surface area contributed by atoms with Crippen LogP contribution in [0.5, 0.6) is 0 Å². The smallest absolute Gasteiger partial charge is 0.407 e. The summed E-state index contributed by atoms with van der Waals surface area (Å²) >= 11 is 0. The average Bonchev–Trinajstić information content (AvgIpc) is 3.05. The van der Waals surface area contributed by atoms with Gasteiger partial charge in [0.2, 0.25) is 5.91 Å². The van der Waals surface area contributed by atoms with Gasteiger partial charge in [-0.2, -0.15) is 22.0 Å². The van der Waals surface area contributed by atoms with Crippen molar-refractivity contribution in [1.82, 2.24) is 31.7 Å². The van der Waals surface area contributed by atoms with E-state index in [0.29, 0.717) is 43.4 Å².